The smallest absolute Gasteiger partial charge is 0.249 e. The fourth-order valence-electron chi connectivity index (χ4n) is 4.63. The van der Waals surface area contributed by atoms with Crippen LogP contribution in [0.1, 0.15) is 64.5 Å². The molecule has 0 spiro atoms. The lowest BCUT2D eigenvalue weighted by Crippen LogP contribution is -2.40. The van der Waals surface area contributed by atoms with Gasteiger partial charge in [-0.1, -0.05) is 88.4 Å². The van der Waals surface area contributed by atoms with Crippen LogP contribution in [0.15, 0.2) is 85.5 Å². The fourth-order valence-corrected chi connectivity index (χ4v) is 4.63. The Morgan fingerprint density at radius 3 is 1.43 bits per heavy atom. The van der Waals surface area contributed by atoms with E-state index in [1.807, 2.05) is 40.0 Å². The first-order chi connectivity index (χ1) is 19.6. The third-order valence-electron chi connectivity index (χ3n) is 6.63. The predicted molar refractivity (Wildman–Crippen MR) is 179 cm³/mol. The van der Waals surface area contributed by atoms with Crippen LogP contribution in [0, 0.1) is 10.1 Å². The van der Waals surface area contributed by atoms with E-state index >= 15 is 0 Å². The van der Waals surface area contributed by atoms with Crippen LogP contribution >= 0.6 is 0 Å². The summed E-state index contributed by atoms with van der Waals surface area (Å²) in [5.41, 5.74) is 8.06. The molecule has 0 saturated carbocycles. The van der Waals surface area contributed by atoms with E-state index in [4.69, 9.17) is 5.73 Å². The van der Waals surface area contributed by atoms with Crippen LogP contribution in [0.4, 0.5) is 0 Å². The molecule has 2 heterocycles. The Kier molecular flexibility index (Phi) is 26.0. The van der Waals surface area contributed by atoms with Gasteiger partial charge in [-0.3, -0.25) is 19.9 Å². The van der Waals surface area contributed by atoms with Crippen molar-refractivity contribution in [1.29, 1.82) is 0 Å². The van der Waals surface area contributed by atoms with Gasteiger partial charge in [-0.25, -0.2) is 0 Å². The number of nitrogens with two attached hydrogens (primary N) is 1. The number of nitrogens with one attached hydrogen (secondary N) is 2. The quantitative estimate of drug-likeness (QED) is 0.222. The van der Waals surface area contributed by atoms with Crippen molar-refractivity contribution in [1.82, 2.24) is 20.4 Å². The topological polar surface area (TPSA) is 99.7 Å². The number of hydrogen-bond donors (Lipinski definition) is 3. The minimum absolute atomic E-state index is 0. The molecule has 0 unspecified atom stereocenters. The molecule has 10 heteroatoms. The minimum Gasteiger partial charge on any atom is -0.403 e. The molecule has 0 aromatic heterocycles. The van der Waals surface area contributed by atoms with Crippen LogP contribution in [-0.2, 0) is 13.1 Å². The Balaban J connectivity index is 0. The number of nitro groups is 1. The third-order valence-corrected chi connectivity index (χ3v) is 6.63. The second-order valence-corrected chi connectivity index (χ2v) is 9.37. The van der Waals surface area contributed by atoms with Gasteiger partial charge >= 0.3 is 0 Å². The summed E-state index contributed by atoms with van der Waals surface area (Å²) >= 11 is 0. The summed E-state index contributed by atoms with van der Waals surface area (Å²) in [7, 11) is 0. The molecule has 4 N–H and O–H groups in total. The Bertz CT molecular complexity index is 935. The molecule has 2 fully saturated rings. The zero-order valence-electron chi connectivity index (χ0n) is 26.2. The van der Waals surface area contributed by atoms with Gasteiger partial charge in [-0.2, -0.15) is 0 Å². The molecule has 4 rings (SSSR count). The Morgan fingerprint density at radius 2 is 1.10 bits per heavy atom. The zero-order valence-corrected chi connectivity index (χ0v) is 26.2. The van der Waals surface area contributed by atoms with E-state index in [2.05, 4.69) is 75.0 Å². The summed E-state index contributed by atoms with van der Waals surface area (Å²) in [6.07, 6.45) is 10.2. The van der Waals surface area contributed by atoms with Crippen LogP contribution in [0.3, 0.4) is 0 Å². The van der Waals surface area contributed by atoms with E-state index in [0.717, 1.165) is 58.3 Å². The van der Waals surface area contributed by atoms with Crippen molar-refractivity contribution in [3.05, 3.63) is 107 Å². The van der Waals surface area contributed by atoms with Gasteiger partial charge in [0.15, 0.2) is 0 Å². The van der Waals surface area contributed by atoms with Gasteiger partial charge in [-0.15, -0.1) is 0 Å². The molecule has 0 bridgehead atoms. The Hall–Kier alpha value is -3.23. The standard InChI is InChI=1S/C14H19N3O2.C14H21N3.2C2H6.2B/c18-17(19)11-8-15-14-6-9-16(10-7-14)12-13-4-2-1-3-5-13;15-8-9-16-14-6-10-17(11-7-14)12-13-4-2-1-3-5-13;2*1-2;;/h1-5,8,11,14-15H,6-7,9-10,12H2;1-5,8-9,14,16H,6-7,10-12,15H2;2*1-2H3;;/b11-8-;9-8-;;;;. The highest BCUT2D eigenvalue weighted by Gasteiger charge is 2.19. The second kappa shape index (κ2) is 26.7. The summed E-state index contributed by atoms with van der Waals surface area (Å²) < 4.78 is 0. The molecular weight excluding hydrogens is 522 g/mol. The van der Waals surface area contributed by atoms with E-state index in [-0.39, 0.29) is 16.8 Å². The van der Waals surface area contributed by atoms with E-state index in [1.165, 1.54) is 30.2 Å². The van der Waals surface area contributed by atoms with Crippen molar-refractivity contribution >= 4 is 16.8 Å². The number of likely N-dealkylation sites (tertiary alicyclic amines) is 2. The number of rotatable bonds is 9. The average molecular weight is 574 g/mol. The average Bonchev–Trinajstić information content (AvgIpc) is 3.01. The first kappa shape index (κ1) is 40.9. The Labute approximate surface area is 259 Å². The highest BCUT2D eigenvalue weighted by molar-refractivity contribution is 5.76. The van der Waals surface area contributed by atoms with Crippen LogP contribution < -0.4 is 16.4 Å². The molecule has 2 saturated heterocycles. The fraction of sp³-hybridized carbons (Fsp3) is 0.500. The highest BCUT2D eigenvalue weighted by Crippen LogP contribution is 2.14. The van der Waals surface area contributed by atoms with Crippen LogP contribution in [0.2, 0.25) is 0 Å². The van der Waals surface area contributed by atoms with Gasteiger partial charge in [0.2, 0.25) is 6.20 Å². The normalized spacial score (nSPS) is 15.8. The molecule has 2 aliphatic heterocycles. The van der Waals surface area contributed by atoms with Crippen molar-refractivity contribution in [3.63, 3.8) is 0 Å². The SMILES string of the molecule is CC.CC.N/C=C\NC1CCN(Cc2ccccc2)CC1.O=[N+]([O-])/C=C\NC1CCN(Cc2ccccc2)CC1.[B].[B]. The second-order valence-electron chi connectivity index (χ2n) is 9.37. The monoisotopic (exact) mass is 574 g/mol. The molecule has 0 amide bonds. The summed E-state index contributed by atoms with van der Waals surface area (Å²) in [6.45, 7) is 14.4. The van der Waals surface area contributed by atoms with Gasteiger partial charge in [-0.05, 0) is 36.8 Å². The first-order valence-corrected chi connectivity index (χ1v) is 14.8. The maximum atomic E-state index is 10.2. The van der Waals surface area contributed by atoms with E-state index < -0.39 is 4.92 Å². The van der Waals surface area contributed by atoms with Gasteiger partial charge in [0, 0.05) is 80.6 Å². The summed E-state index contributed by atoms with van der Waals surface area (Å²) in [4.78, 5) is 14.7. The zero-order chi connectivity index (χ0) is 29.4. The molecule has 2 aromatic rings. The molecule has 8 nitrogen and oxygen atoms in total. The lowest BCUT2D eigenvalue weighted by atomic mass is 10.0. The molecule has 0 atom stereocenters. The van der Waals surface area contributed by atoms with Crippen LogP contribution in [-0.4, -0.2) is 69.8 Å². The first-order valence-electron chi connectivity index (χ1n) is 14.8. The molecule has 228 valence electrons. The van der Waals surface area contributed by atoms with E-state index in [1.54, 1.807) is 6.20 Å². The van der Waals surface area contributed by atoms with Gasteiger partial charge in [0.05, 0.1) is 11.1 Å². The lowest BCUT2D eigenvalue weighted by Gasteiger charge is -2.32. The maximum Gasteiger partial charge on any atom is 0.249 e. The van der Waals surface area contributed by atoms with E-state index in [9.17, 15) is 10.1 Å². The summed E-state index contributed by atoms with van der Waals surface area (Å²) in [5.74, 6) is 0. The molecule has 6 radical (unpaired) electrons. The van der Waals surface area contributed by atoms with Gasteiger partial charge < -0.3 is 16.4 Å². The molecular formula is C32H52B2N6O2. The third kappa shape index (κ3) is 18.3. The maximum absolute atomic E-state index is 10.2. The van der Waals surface area contributed by atoms with Crippen LogP contribution in [0.25, 0.3) is 0 Å². The van der Waals surface area contributed by atoms with Gasteiger partial charge in [0.1, 0.15) is 0 Å². The van der Waals surface area contributed by atoms with Crippen molar-refractivity contribution in [3.8, 4) is 0 Å². The van der Waals surface area contributed by atoms with Crippen molar-refractivity contribution in [2.24, 2.45) is 5.73 Å². The molecule has 0 aliphatic carbocycles. The molecule has 2 aromatic carbocycles. The van der Waals surface area contributed by atoms with Crippen molar-refractivity contribution < 1.29 is 4.92 Å². The van der Waals surface area contributed by atoms with Gasteiger partial charge in [0.25, 0.3) is 0 Å². The number of hydrogen-bond acceptors (Lipinski definition) is 7. The van der Waals surface area contributed by atoms with E-state index in [0.29, 0.717) is 12.1 Å². The van der Waals surface area contributed by atoms with Crippen molar-refractivity contribution in [2.75, 3.05) is 26.2 Å². The summed E-state index contributed by atoms with van der Waals surface area (Å²) in [5, 5.41) is 16.6. The minimum atomic E-state index is -0.447. The van der Waals surface area contributed by atoms with Crippen LogP contribution in [0.5, 0.6) is 0 Å². The largest absolute Gasteiger partial charge is 0.403 e. The summed E-state index contributed by atoms with van der Waals surface area (Å²) in [6, 6.07) is 22.0. The molecule has 42 heavy (non-hydrogen) atoms. The highest BCUT2D eigenvalue weighted by atomic mass is 16.6. The molecule has 2 aliphatic rings. The Morgan fingerprint density at radius 1 is 0.738 bits per heavy atom. The number of piperidine rings is 2. The number of benzene rings is 2. The predicted octanol–water partition coefficient (Wildman–Crippen LogP) is 4.95. The van der Waals surface area contributed by atoms with Crippen molar-refractivity contribution in [2.45, 2.75) is 78.6 Å². The number of nitrogens with zero attached hydrogens (tertiary/aromatic N) is 3. The lowest BCUT2D eigenvalue weighted by molar-refractivity contribution is -0.402.